The second-order valence-electron chi connectivity index (χ2n) is 4.27. The van der Waals surface area contributed by atoms with Crippen molar-refractivity contribution in [3.8, 4) is 0 Å². The molecule has 0 fully saturated rings. The molecule has 0 N–H and O–H groups in total. The van der Waals surface area contributed by atoms with E-state index in [0.29, 0.717) is 16.5 Å². The molecule has 7 heteroatoms. The lowest BCUT2D eigenvalue weighted by Gasteiger charge is -2.05. The van der Waals surface area contributed by atoms with Crippen LogP contribution in [0.5, 0.6) is 0 Å². The lowest BCUT2D eigenvalue weighted by atomic mass is 10.2. The Hall–Kier alpha value is -0.400. The smallest absolute Gasteiger partial charge is 0.155 e. The van der Waals surface area contributed by atoms with Gasteiger partial charge in [0.25, 0.3) is 0 Å². The second kappa shape index (κ2) is 6.85. The van der Waals surface area contributed by atoms with Crippen LogP contribution in [0.1, 0.15) is 18.1 Å². The molecule has 0 radical (unpaired) electrons. The number of rotatable bonds is 7. The van der Waals surface area contributed by atoms with Crippen molar-refractivity contribution in [3.63, 3.8) is 0 Å². The number of hydrogen-bond acceptors (Lipinski definition) is 4. The summed E-state index contributed by atoms with van der Waals surface area (Å²) in [5, 5.41) is 0.419. The molecular weight excluding hydrogens is 352 g/mol. The first-order chi connectivity index (χ1) is 8.78. The summed E-state index contributed by atoms with van der Waals surface area (Å²) in [6.07, 6.45) is 0. The van der Waals surface area contributed by atoms with Gasteiger partial charge in [0.15, 0.2) is 19.7 Å². The molecule has 0 aliphatic rings. The van der Waals surface area contributed by atoms with Crippen LogP contribution in [-0.2, 0) is 31.2 Å². The Kier molecular flexibility index (Phi) is 6.01. The summed E-state index contributed by atoms with van der Waals surface area (Å²) < 4.78 is 46.2. The quantitative estimate of drug-likeness (QED) is 0.689. The molecular formula is C12H17BrO4S2. The Morgan fingerprint density at radius 2 is 1.32 bits per heavy atom. The first-order valence-corrected chi connectivity index (χ1v) is 10.6. The Labute approximate surface area is 123 Å². The van der Waals surface area contributed by atoms with Gasteiger partial charge in [0.05, 0.1) is 17.3 Å². The van der Waals surface area contributed by atoms with Gasteiger partial charge in [-0.05, 0) is 11.1 Å². The van der Waals surface area contributed by atoms with E-state index in [-0.39, 0.29) is 23.0 Å². The van der Waals surface area contributed by atoms with Crippen molar-refractivity contribution >= 4 is 35.6 Å². The molecule has 0 atom stereocenters. The van der Waals surface area contributed by atoms with Crippen LogP contribution in [0.15, 0.2) is 24.3 Å². The number of alkyl halides is 1. The van der Waals surface area contributed by atoms with Crippen molar-refractivity contribution in [1.29, 1.82) is 0 Å². The Bertz CT molecular complexity index is 604. The Balaban J connectivity index is 2.78. The lowest BCUT2D eigenvalue weighted by molar-refractivity contribution is 0.594. The molecule has 19 heavy (non-hydrogen) atoms. The highest BCUT2D eigenvalue weighted by Crippen LogP contribution is 2.12. The maximum absolute atomic E-state index is 11.6. The fourth-order valence-electron chi connectivity index (χ4n) is 1.53. The minimum atomic E-state index is -3.10. The summed E-state index contributed by atoms with van der Waals surface area (Å²) in [5.41, 5.74) is 1.36. The summed E-state index contributed by atoms with van der Waals surface area (Å²) in [6.45, 7) is 1.61. The molecule has 4 nitrogen and oxygen atoms in total. The van der Waals surface area contributed by atoms with Crippen molar-refractivity contribution in [3.05, 3.63) is 35.4 Å². The summed E-state index contributed by atoms with van der Waals surface area (Å²) in [7, 11) is -6.16. The zero-order chi connectivity index (χ0) is 14.5. The average molecular weight is 369 g/mol. The van der Waals surface area contributed by atoms with Gasteiger partial charge in [-0.15, -0.1) is 0 Å². The van der Waals surface area contributed by atoms with E-state index >= 15 is 0 Å². The number of halogens is 1. The van der Waals surface area contributed by atoms with Gasteiger partial charge in [0.1, 0.15) is 0 Å². The van der Waals surface area contributed by atoms with Gasteiger partial charge >= 0.3 is 0 Å². The number of benzene rings is 1. The van der Waals surface area contributed by atoms with Crippen molar-refractivity contribution < 1.29 is 16.8 Å². The molecule has 0 aliphatic carbocycles. The number of hydrogen-bond donors (Lipinski definition) is 0. The van der Waals surface area contributed by atoms with E-state index in [4.69, 9.17) is 0 Å². The topological polar surface area (TPSA) is 68.3 Å². The first kappa shape index (κ1) is 16.7. The van der Waals surface area contributed by atoms with E-state index in [1.54, 1.807) is 31.2 Å². The van der Waals surface area contributed by atoms with E-state index in [1.165, 1.54) is 0 Å². The van der Waals surface area contributed by atoms with Gasteiger partial charge in [-0.3, -0.25) is 0 Å². The highest BCUT2D eigenvalue weighted by Gasteiger charge is 2.12. The third kappa shape index (κ3) is 6.05. The van der Waals surface area contributed by atoms with Crippen molar-refractivity contribution in [2.24, 2.45) is 0 Å². The van der Waals surface area contributed by atoms with Crippen LogP contribution in [-0.4, -0.2) is 33.7 Å². The summed E-state index contributed by atoms with van der Waals surface area (Å²) in [5.74, 6) is 0.185. The molecule has 108 valence electrons. The standard InChI is InChI=1S/C12H17BrO4S2/c1-2-18(14,15)9-11-3-5-12(6-4-11)10-19(16,17)8-7-13/h3-6H,2,7-10H2,1H3. The van der Waals surface area contributed by atoms with Crippen LogP contribution in [0.25, 0.3) is 0 Å². The molecule has 1 rings (SSSR count). The third-order valence-electron chi connectivity index (χ3n) is 2.62. The van der Waals surface area contributed by atoms with Crippen molar-refractivity contribution in [2.75, 3.05) is 16.8 Å². The molecule has 0 amide bonds. The average Bonchev–Trinajstić information content (AvgIpc) is 2.31. The van der Waals surface area contributed by atoms with E-state index in [2.05, 4.69) is 15.9 Å². The number of sulfone groups is 2. The maximum atomic E-state index is 11.6. The van der Waals surface area contributed by atoms with Crippen molar-refractivity contribution in [1.82, 2.24) is 0 Å². The molecule has 1 aromatic carbocycles. The van der Waals surface area contributed by atoms with Crippen LogP contribution >= 0.6 is 15.9 Å². The molecule has 0 aromatic heterocycles. The van der Waals surface area contributed by atoms with Crippen LogP contribution < -0.4 is 0 Å². The summed E-state index contributed by atoms with van der Waals surface area (Å²) in [4.78, 5) is 0. The SMILES string of the molecule is CCS(=O)(=O)Cc1ccc(CS(=O)(=O)CCBr)cc1. The van der Waals surface area contributed by atoms with Gasteiger partial charge in [0.2, 0.25) is 0 Å². The Morgan fingerprint density at radius 1 is 0.895 bits per heavy atom. The van der Waals surface area contributed by atoms with E-state index in [9.17, 15) is 16.8 Å². The van der Waals surface area contributed by atoms with E-state index in [1.807, 2.05) is 0 Å². The second-order valence-corrected chi connectivity index (χ2v) is 9.60. The minimum absolute atomic E-state index is 0.00205. The molecule has 0 bridgehead atoms. The van der Waals surface area contributed by atoms with E-state index < -0.39 is 19.7 Å². The highest BCUT2D eigenvalue weighted by molar-refractivity contribution is 9.09. The summed E-state index contributed by atoms with van der Waals surface area (Å²) in [6, 6.07) is 6.69. The highest BCUT2D eigenvalue weighted by atomic mass is 79.9. The fraction of sp³-hybridized carbons (Fsp3) is 0.500. The molecule has 0 saturated carbocycles. The van der Waals surface area contributed by atoms with Gasteiger partial charge < -0.3 is 0 Å². The zero-order valence-electron chi connectivity index (χ0n) is 10.7. The fourth-order valence-corrected chi connectivity index (χ4v) is 5.00. The third-order valence-corrected chi connectivity index (χ3v) is 6.80. The van der Waals surface area contributed by atoms with Gasteiger partial charge in [-0.2, -0.15) is 0 Å². The minimum Gasteiger partial charge on any atom is -0.229 e. The largest absolute Gasteiger partial charge is 0.229 e. The molecule has 0 saturated heterocycles. The predicted molar refractivity (Wildman–Crippen MR) is 80.9 cm³/mol. The molecule has 0 heterocycles. The maximum Gasteiger partial charge on any atom is 0.155 e. The Morgan fingerprint density at radius 3 is 1.68 bits per heavy atom. The normalized spacial score (nSPS) is 12.5. The van der Waals surface area contributed by atoms with Crippen molar-refractivity contribution in [2.45, 2.75) is 18.4 Å². The van der Waals surface area contributed by atoms with Crippen LogP contribution in [0.4, 0.5) is 0 Å². The first-order valence-electron chi connectivity index (χ1n) is 5.82. The van der Waals surface area contributed by atoms with Crippen LogP contribution in [0.3, 0.4) is 0 Å². The molecule has 0 aliphatic heterocycles. The molecule has 1 aromatic rings. The van der Waals surface area contributed by atoms with Gasteiger partial charge in [0, 0.05) is 11.1 Å². The monoisotopic (exact) mass is 368 g/mol. The zero-order valence-corrected chi connectivity index (χ0v) is 13.9. The molecule has 0 spiro atoms. The lowest BCUT2D eigenvalue weighted by Crippen LogP contribution is -2.10. The summed E-state index contributed by atoms with van der Waals surface area (Å²) >= 11 is 3.11. The predicted octanol–water partition coefficient (Wildman–Crippen LogP) is 1.93. The van der Waals surface area contributed by atoms with Crippen LogP contribution in [0.2, 0.25) is 0 Å². The molecule has 0 unspecified atom stereocenters. The van der Waals surface area contributed by atoms with Gasteiger partial charge in [-0.1, -0.05) is 47.1 Å². The van der Waals surface area contributed by atoms with Gasteiger partial charge in [-0.25, -0.2) is 16.8 Å². The van der Waals surface area contributed by atoms with E-state index in [0.717, 1.165) is 0 Å². The van der Waals surface area contributed by atoms with Crippen LogP contribution in [0, 0.1) is 0 Å².